The summed E-state index contributed by atoms with van der Waals surface area (Å²) in [7, 11) is 0. The predicted octanol–water partition coefficient (Wildman–Crippen LogP) is 3.40. The molecule has 0 aliphatic rings. The van der Waals surface area contributed by atoms with E-state index in [-0.39, 0.29) is 5.82 Å². The highest BCUT2D eigenvalue weighted by Crippen LogP contribution is 2.23. The third-order valence-electron chi connectivity index (χ3n) is 3.27. The van der Waals surface area contributed by atoms with E-state index in [1.54, 1.807) is 12.1 Å². The minimum absolute atomic E-state index is 0.322. The Morgan fingerprint density at radius 3 is 2.75 bits per heavy atom. The van der Waals surface area contributed by atoms with Crippen LogP contribution in [0, 0.1) is 5.82 Å². The zero-order chi connectivity index (χ0) is 14.1. The van der Waals surface area contributed by atoms with Gasteiger partial charge in [-0.1, -0.05) is 29.8 Å². The number of nitrogens with one attached hydrogen (secondary N) is 1. The van der Waals surface area contributed by atoms with Gasteiger partial charge in [-0.15, -0.1) is 0 Å². The summed E-state index contributed by atoms with van der Waals surface area (Å²) in [4.78, 5) is 7.68. The summed E-state index contributed by atoms with van der Waals surface area (Å²) in [5.74, 6) is 0.352. The van der Waals surface area contributed by atoms with Gasteiger partial charge in [-0.25, -0.2) is 9.37 Å². The summed E-state index contributed by atoms with van der Waals surface area (Å²) in [6.45, 7) is 0.419. The van der Waals surface area contributed by atoms with Gasteiger partial charge >= 0.3 is 0 Å². The number of aromatic nitrogens is 2. The lowest BCUT2D eigenvalue weighted by molar-refractivity contribution is 0.612. The molecule has 0 saturated heterocycles. The second kappa shape index (κ2) is 5.23. The number of halogens is 2. The molecule has 3 nitrogen and oxygen atoms in total. The second-order valence-electron chi connectivity index (χ2n) is 4.58. The minimum atomic E-state index is -0.322. The van der Waals surface area contributed by atoms with Crippen molar-refractivity contribution in [3.8, 4) is 0 Å². The quantitative estimate of drug-likeness (QED) is 0.776. The van der Waals surface area contributed by atoms with E-state index in [0.717, 1.165) is 16.6 Å². The molecular weight excluding hydrogens is 277 g/mol. The zero-order valence-corrected chi connectivity index (χ0v) is 11.4. The van der Waals surface area contributed by atoms with E-state index in [1.165, 1.54) is 6.07 Å². The Labute approximate surface area is 120 Å². The van der Waals surface area contributed by atoms with Crippen LogP contribution in [0.1, 0.15) is 17.0 Å². The van der Waals surface area contributed by atoms with Crippen LogP contribution < -0.4 is 5.73 Å². The maximum atomic E-state index is 13.8. The lowest BCUT2D eigenvalue weighted by Gasteiger charge is -2.03. The molecule has 0 bridgehead atoms. The van der Waals surface area contributed by atoms with Crippen LogP contribution in [-0.2, 0) is 13.0 Å². The number of H-pyrrole nitrogens is 1. The Balaban J connectivity index is 2.03. The fraction of sp³-hybridized carbons (Fsp3) is 0.133. The first-order valence-corrected chi connectivity index (χ1v) is 6.66. The second-order valence-corrected chi connectivity index (χ2v) is 4.99. The number of nitrogens with two attached hydrogens (primary N) is 1. The van der Waals surface area contributed by atoms with Crippen molar-refractivity contribution in [2.75, 3.05) is 0 Å². The molecule has 0 aliphatic carbocycles. The smallest absolute Gasteiger partial charge is 0.128 e. The van der Waals surface area contributed by atoms with Gasteiger partial charge in [0.25, 0.3) is 0 Å². The van der Waals surface area contributed by atoms with Crippen LogP contribution in [0.5, 0.6) is 0 Å². The maximum Gasteiger partial charge on any atom is 0.128 e. The van der Waals surface area contributed by atoms with Gasteiger partial charge in [-0.3, -0.25) is 0 Å². The molecule has 0 spiro atoms. The highest BCUT2D eigenvalue weighted by molar-refractivity contribution is 6.31. The summed E-state index contributed by atoms with van der Waals surface area (Å²) in [5, 5.41) is 0.407. The fourth-order valence-corrected chi connectivity index (χ4v) is 2.49. The van der Waals surface area contributed by atoms with Gasteiger partial charge in [-0.2, -0.15) is 0 Å². The molecule has 3 N–H and O–H groups in total. The highest BCUT2D eigenvalue weighted by Gasteiger charge is 2.12. The van der Waals surface area contributed by atoms with Crippen LogP contribution in [0.25, 0.3) is 11.0 Å². The van der Waals surface area contributed by atoms with Crippen molar-refractivity contribution >= 4 is 22.6 Å². The summed E-state index contributed by atoms with van der Waals surface area (Å²) in [6.07, 6.45) is 0.324. The van der Waals surface area contributed by atoms with Crippen molar-refractivity contribution in [2.24, 2.45) is 5.73 Å². The van der Waals surface area contributed by atoms with Crippen LogP contribution >= 0.6 is 11.6 Å². The molecule has 0 saturated carbocycles. The van der Waals surface area contributed by atoms with E-state index in [9.17, 15) is 4.39 Å². The molecule has 0 atom stereocenters. The molecule has 0 fully saturated rings. The van der Waals surface area contributed by atoms with Crippen molar-refractivity contribution in [3.05, 3.63) is 64.2 Å². The highest BCUT2D eigenvalue weighted by atomic mass is 35.5. The first-order chi connectivity index (χ1) is 9.69. The van der Waals surface area contributed by atoms with Gasteiger partial charge in [-0.05, 0) is 23.8 Å². The minimum Gasteiger partial charge on any atom is -0.342 e. The standard InChI is InChI=1S/C15H13ClFN3/c16-11-4-2-5-12(17)10(11)7-14-19-13-6-1-3-9(8-18)15(13)20-14/h1-6H,7-8,18H2,(H,19,20). The summed E-state index contributed by atoms with van der Waals surface area (Å²) < 4.78 is 13.8. The van der Waals surface area contributed by atoms with E-state index < -0.39 is 0 Å². The van der Waals surface area contributed by atoms with Crippen LogP contribution in [0.2, 0.25) is 5.02 Å². The number of aromatic amines is 1. The number of hydrogen-bond acceptors (Lipinski definition) is 2. The third kappa shape index (κ3) is 2.28. The van der Waals surface area contributed by atoms with Gasteiger partial charge in [0, 0.05) is 23.6 Å². The van der Waals surface area contributed by atoms with E-state index in [1.807, 2.05) is 18.2 Å². The van der Waals surface area contributed by atoms with Gasteiger partial charge in [0.15, 0.2) is 0 Å². The largest absolute Gasteiger partial charge is 0.342 e. The Morgan fingerprint density at radius 2 is 2.00 bits per heavy atom. The molecule has 20 heavy (non-hydrogen) atoms. The molecule has 0 aliphatic heterocycles. The Kier molecular flexibility index (Phi) is 3.42. The zero-order valence-electron chi connectivity index (χ0n) is 10.7. The number of imidazole rings is 1. The van der Waals surface area contributed by atoms with E-state index in [0.29, 0.717) is 29.4 Å². The van der Waals surface area contributed by atoms with Crippen molar-refractivity contribution in [3.63, 3.8) is 0 Å². The third-order valence-corrected chi connectivity index (χ3v) is 3.63. The predicted molar refractivity (Wildman–Crippen MR) is 78.2 cm³/mol. The average molecular weight is 290 g/mol. The van der Waals surface area contributed by atoms with E-state index >= 15 is 0 Å². The van der Waals surface area contributed by atoms with E-state index in [4.69, 9.17) is 17.3 Å². The van der Waals surface area contributed by atoms with E-state index in [2.05, 4.69) is 9.97 Å². The van der Waals surface area contributed by atoms with Gasteiger partial charge in [0.2, 0.25) is 0 Å². The van der Waals surface area contributed by atoms with Crippen LogP contribution in [0.15, 0.2) is 36.4 Å². The Morgan fingerprint density at radius 1 is 1.20 bits per heavy atom. The molecule has 0 amide bonds. The van der Waals surface area contributed by atoms with Crippen molar-refractivity contribution in [1.29, 1.82) is 0 Å². The fourth-order valence-electron chi connectivity index (χ4n) is 2.26. The summed E-state index contributed by atoms with van der Waals surface area (Å²) >= 11 is 6.04. The molecule has 102 valence electrons. The van der Waals surface area contributed by atoms with Gasteiger partial charge < -0.3 is 10.7 Å². The summed E-state index contributed by atoms with van der Waals surface area (Å²) in [5.41, 5.74) is 8.83. The number of rotatable bonds is 3. The van der Waals surface area contributed by atoms with Crippen molar-refractivity contribution in [1.82, 2.24) is 9.97 Å². The average Bonchev–Trinajstić information content (AvgIpc) is 2.85. The monoisotopic (exact) mass is 289 g/mol. The molecule has 5 heteroatoms. The first-order valence-electron chi connectivity index (χ1n) is 6.28. The first kappa shape index (κ1) is 13.1. The number of hydrogen-bond donors (Lipinski definition) is 2. The molecule has 1 aromatic heterocycles. The Bertz CT molecular complexity index is 747. The molecule has 1 heterocycles. The maximum absolute atomic E-state index is 13.8. The molecule has 3 rings (SSSR count). The van der Waals surface area contributed by atoms with Crippen molar-refractivity contribution in [2.45, 2.75) is 13.0 Å². The summed E-state index contributed by atoms with van der Waals surface area (Å²) in [6, 6.07) is 10.4. The number of para-hydroxylation sites is 1. The number of benzene rings is 2. The lowest BCUT2D eigenvalue weighted by Crippen LogP contribution is -1.97. The lowest BCUT2D eigenvalue weighted by atomic mass is 10.1. The normalized spacial score (nSPS) is 11.2. The van der Waals surface area contributed by atoms with Crippen LogP contribution in [0.3, 0.4) is 0 Å². The molecular formula is C15H13ClFN3. The topological polar surface area (TPSA) is 54.7 Å². The van der Waals surface area contributed by atoms with Crippen LogP contribution in [-0.4, -0.2) is 9.97 Å². The number of fused-ring (bicyclic) bond motifs is 1. The van der Waals surface area contributed by atoms with Gasteiger partial charge in [0.05, 0.1) is 11.0 Å². The van der Waals surface area contributed by atoms with Crippen molar-refractivity contribution < 1.29 is 4.39 Å². The molecule has 0 unspecified atom stereocenters. The SMILES string of the molecule is NCc1cccc2[nH]c(Cc3c(F)cccc3Cl)nc12. The number of nitrogens with zero attached hydrogens (tertiary/aromatic N) is 1. The Hall–Kier alpha value is -1.91. The van der Waals surface area contributed by atoms with Crippen LogP contribution in [0.4, 0.5) is 4.39 Å². The van der Waals surface area contributed by atoms with Gasteiger partial charge in [0.1, 0.15) is 11.6 Å². The molecule has 3 aromatic rings. The molecule has 0 radical (unpaired) electrons. The molecule has 2 aromatic carbocycles.